The van der Waals surface area contributed by atoms with Crippen LogP contribution >= 0.6 is 0 Å². The van der Waals surface area contributed by atoms with Gasteiger partial charge in [0.05, 0.1) is 6.61 Å². The summed E-state index contributed by atoms with van der Waals surface area (Å²) in [5.74, 6) is 0.0699. The monoisotopic (exact) mass is 331 g/mol. The molecule has 1 aromatic heterocycles. The fraction of sp³-hybridized carbons (Fsp3) is 0.611. The van der Waals surface area contributed by atoms with Gasteiger partial charge in [0, 0.05) is 48.5 Å². The molecular weight excluding hydrogens is 306 g/mol. The molecule has 0 bridgehead atoms. The summed E-state index contributed by atoms with van der Waals surface area (Å²) in [4.78, 5) is 32.9. The van der Waals surface area contributed by atoms with E-state index in [1.54, 1.807) is 12.3 Å². The predicted molar refractivity (Wildman–Crippen MR) is 89.6 cm³/mol. The average molecular weight is 331 g/mol. The molecule has 2 fully saturated rings. The Bertz CT molecular complexity index is 646. The largest absolute Gasteiger partial charge is 0.371 e. The second-order valence-corrected chi connectivity index (χ2v) is 7.27. The molecule has 130 valence electrons. The van der Waals surface area contributed by atoms with E-state index in [9.17, 15) is 9.59 Å². The highest BCUT2D eigenvalue weighted by molar-refractivity contribution is 5.94. The van der Waals surface area contributed by atoms with E-state index < -0.39 is 0 Å². The van der Waals surface area contributed by atoms with Gasteiger partial charge in [-0.25, -0.2) is 0 Å². The normalized spacial score (nSPS) is 24.8. The highest BCUT2D eigenvalue weighted by Gasteiger charge is 2.44. The van der Waals surface area contributed by atoms with Crippen molar-refractivity contribution in [3.63, 3.8) is 0 Å². The first-order valence-electron chi connectivity index (χ1n) is 8.49. The van der Waals surface area contributed by atoms with E-state index in [0.29, 0.717) is 31.8 Å². The van der Waals surface area contributed by atoms with Gasteiger partial charge in [0.1, 0.15) is 6.61 Å². The Morgan fingerprint density at radius 2 is 2.17 bits per heavy atom. The van der Waals surface area contributed by atoms with Crippen molar-refractivity contribution in [1.29, 1.82) is 0 Å². The van der Waals surface area contributed by atoms with Crippen LogP contribution in [0.15, 0.2) is 18.3 Å². The number of likely N-dealkylation sites (tertiary alicyclic amines) is 1. The zero-order valence-electron chi connectivity index (χ0n) is 14.6. The van der Waals surface area contributed by atoms with Crippen LogP contribution in [0.3, 0.4) is 0 Å². The van der Waals surface area contributed by atoms with E-state index >= 15 is 0 Å². The van der Waals surface area contributed by atoms with Crippen molar-refractivity contribution in [1.82, 2.24) is 14.8 Å². The first-order valence-corrected chi connectivity index (χ1v) is 8.49. The molecule has 0 aromatic carbocycles. The van der Waals surface area contributed by atoms with Crippen LogP contribution in [0.25, 0.3) is 0 Å². The molecule has 24 heavy (non-hydrogen) atoms. The van der Waals surface area contributed by atoms with Gasteiger partial charge in [0.2, 0.25) is 5.91 Å². The van der Waals surface area contributed by atoms with Crippen molar-refractivity contribution in [3.8, 4) is 0 Å². The van der Waals surface area contributed by atoms with Gasteiger partial charge < -0.3 is 14.5 Å². The lowest BCUT2D eigenvalue weighted by Gasteiger charge is -2.34. The van der Waals surface area contributed by atoms with Crippen LogP contribution in [0.4, 0.5) is 0 Å². The van der Waals surface area contributed by atoms with Crippen LogP contribution in [-0.2, 0) is 9.53 Å². The first-order chi connectivity index (χ1) is 11.4. The van der Waals surface area contributed by atoms with Crippen LogP contribution in [-0.4, -0.2) is 65.5 Å². The Morgan fingerprint density at radius 3 is 2.88 bits per heavy atom. The third kappa shape index (κ3) is 3.29. The van der Waals surface area contributed by atoms with Gasteiger partial charge in [-0.05, 0) is 39.3 Å². The SMILES string of the molecule is Cc1cc(C(=O)N2CCC3(COCC(=O)N(C(C)C)C3)C2)ccn1. The molecule has 3 heterocycles. The molecule has 6 heteroatoms. The molecule has 1 atom stereocenters. The van der Waals surface area contributed by atoms with Gasteiger partial charge in [-0.2, -0.15) is 0 Å². The number of nitrogens with zero attached hydrogens (tertiary/aromatic N) is 3. The number of hydrogen-bond acceptors (Lipinski definition) is 4. The summed E-state index contributed by atoms with van der Waals surface area (Å²) in [7, 11) is 0. The minimum atomic E-state index is -0.159. The molecule has 2 aliphatic heterocycles. The fourth-order valence-electron chi connectivity index (χ4n) is 3.62. The van der Waals surface area contributed by atoms with E-state index in [-0.39, 0.29) is 29.9 Å². The van der Waals surface area contributed by atoms with E-state index in [1.165, 1.54) is 0 Å². The van der Waals surface area contributed by atoms with Crippen molar-refractivity contribution in [2.45, 2.75) is 33.2 Å². The first kappa shape index (κ1) is 16.9. The maximum Gasteiger partial charge on any atom is 0.253 e. The molecular formula is C18H25N3O3. The van der Waals surface area contributed by atoms with Crippen molar-refractivity contribution >= 4 is 11.8 Å². The molecule has 0 saturated carbocycles. The van der Waals surface area contributed by atoms with Crippen LogP contribution in [0, 0.1) is 12.3 Å². The number of pyridine rings is 1. The van der Waals surface area contributed by atoms with Gasteiger partial charge in [0.15, 0.2) is 0 Å². The number of rotatable bonds is 2. The van der Waals surface area contributed by atoms with Crippen LogP contribution in [0.5, 0.6) is 0 Å². The van der Waals surface area contributed by atoms with Crippen molar-refractivity contribution in [3.05, 3.63) is 29.6 Å². The van der Waals surface area contributed by atoms with E-state index in [4.69, 9.17) is 4.74 Å². The van der Waals surface area contributed by atoms with Crippen LogP contribution in [0.1, 0.15) is 36.3 Å². The number of amides is 2. The van der Waals surface area contributed by atoms with Crippen LogP contribution < -0.4 is 0 Å². The molecule has 1 spiro atoms. The average Bonchev–Trinajstić information content (AvgIpc) is 2.88. The number of hydrogen-bond donors (Lipinski definition) is 0. The van der Waals surface area contributed by atoms with Gasteiger partial charge >= 0.3 is 0 Å². The van der Waals surface area contributed by atoms with Crippen molar-refractivity contribution in [2.24, 2.45) is 5.41 Å². The van der Waals surface area contributed by atoms with E-state index in [2.05, 4.69) is 4.98 Å². The topological polar surface area (TPSA) is 62.7 Å². The Balaban J connectivity index is 1.76. The quantitative estimate of drug-likeness (QED) is 0.824. The Labute approximate surface area is 142 Å². The number of aromatic nitrogens is 1. The van der Waals surface area contributed by atoms with E-state index in [1.807, 2.05) is 36.6 Å². The number of aryl methyl sites for hydroxylation is 1. The molecule has 6 nitrogen and oxygen atoms in total. The minimum absolute atomic E-state index is 0.0315. The van der Waals surface area contributed by atoms with Gasteiger partial charge in [-0.15, -0.1) is 0 Å². The number of carbonyl (C=O) groups is 2. The summed E-state index contributed by atoms with van der Waals surface area (Å²) in [6.07, 6.45) is 2.53. The Morgan fingerprint density at radius 1 is 1.38 bits per heavy atom. The Kier molecular flexibility index (Phi) is 4.58. The lowest BCUT2D eigenvalue weighted by atomic mass is 9.87. The minimum Gasteiger partial charge on any atom is -0.371 e. The predicted octanol–water partition coefficient (Wildman–Crippen LogP) is 1.49. The molecule has 0 aliphatic carbocycles. The second kappa shape index (κ2) is 6.51. The highest BCUT2D eigenvalue weighted by atomic mass is 16.5. The molecule has 1 unspecified atom stereocenters. The van der Waals surface area contributed by atoms with Crippen molar-refractivity contribution in [2.75, 3.05) is 32.8 Å². The zero-order valence-corrected chi connectivity index (χ0v) is 14.6. The fourth-order valence-corrected chi connectivity index (χ4v) is 3.62. The van der Waals surface area contributed by atoms with Crippen molar-refractivity contribution < 1.29 is 14.3 Å². The Hall–Kier alpha value is -1.95. The maximum atomic E-state index is 12.8. The summed E-state index contributed by atoms with van der Waals surface area (Å²) in [6, 6.07) is 3.72. The molecule has 2 saturated heterocycles. The molecule has 3 rings (SSSR count). The molecule has 0 N–H and O–H groups in total. The highest BCUT2D eigenvalue weighted by Crippen LogP contribution is 2.34. The van der Waals surface area contributed by atoms with Gasteiger partial charge in [-0.3, -0.25) is 14.6 Å². The molecule has 1 aromatic rings. The number of ether oxygens (including phenoxy) is 1. The van der Waals surface area contributed by atoms with Gasteiger partial charge in [-0.1, -0.05) is 0 Å². The summed E-state index contributed by atoms with van der Waals surface area (Å²) < 4.78 is 5.64. The summed E-state index contributed by atoms with van der Waals surface area (Å²) >= 11 is 0. The van der Waals surface area contributed by atoms with Gasteiger partial charge in [0.25, 0.3) is 5.91 Å². The molecule has 0 radical (unpaired) electrons. The van der Waals surface area contributed by atoms with E-state index in [0.717, 1.165) is 12.1 Å². The van der Waals surface area contributed by atoms with Crippen LogP contribution in [0.2, 0.25) is 0 Å². The molecule has 2 amide bonds. The summed E-state index contributed by atoms with van der Waals surface area (Å²) in [5, 5.41) is 0. The smallest absolute Gasteiger partial charge is 0.253 e. The third-order valence-electron chi connectivity index (χ3n) is 4.95. The number of carbonyl (C=O) groups excluding carboxylic acids is 2. The maximum absolute atomic E-state index is 12.8. The lowest BCUT2D eigenvalue weighted by molar-refractivity contribution is -0.135. The summed E-state index contributed by atoms with van der Waals surface area (Å²) in [6.45, 7) is 8.57. The molecule has 2 aliphatic rings. The lowest BCUT2D eigenvalue weighted by Crippen LogP contribution is -2.46. The second-order valence-electron chi connectivity index (χ2n) is 7.27. The summed E-state index contributed by atoms with van der Waals surface area (Å²) in [5.41, 5.74) is 1.35. The zero-order chi connectivity index (χ0) is 17.3. The standard InChI is InChI=1S/C18H25N3O3/c1-13(2)21-11-18(12-24-9-16(21)22)5-7-20(10-18)17(23)15-4-6-19-14(3)8-15/h4,6,8,13H,5,7,9-12H2,1-3H3. The third-order valence-corrected chi connectivity index (χ3v) is 4.95.